The van der Waals surface area contributed by atoms with Gasteiger partial charge in [0, 0.05) is 29.9 Å². The SMILES string of the molecule is C[C@@]1(c2cc(NC(=O)Oc3ccc(C(F)(F)F)cn3)ccc2F)CCOC(N)=N1. The molecule has 29 heavy (non-hydrogen) atoms. The number of alkyl halides is 3. The molecule has 0 unspecified atom stereocenters. The van der Waals surface area contributed by atoms with E-state index in [1.54, 1.807) is 6.92 Å². The molecule has 7 nitrogen and oxygen atoms in total. The average molecular weight is 412 g/mol. The third kappa shape index (κ3) is 4.73. The summed E-state index contributed by atoms with van der Waals surface area (Å²) in [6, 6.07) is 5.41. The molecule has 0 saturated carbocycles. The fourth-order valence-corrected chi connectivity index (χ4v) is 2.74. The van der Waals surface area contributed by atoms with Crippen molar-refractivity contribution in [2.75, 3.05) is 11.9 Å². The van der Waals surface area contributed by atoms with E-state index >= 15 is 0 Å². The van der Waals surface area contributed by atoms with Gasteiger partial charge in [-0.25, -0.2) is 19.2 Å². The summed E-state index contributed by atoms with van der Waals surface area (Å²) in [6.07, 6.45) is -4.64. The first-order chi connectivity index (χ1) is 13.6. The highest BCUT2D eigenvalue weighted by Crippen LogP contribution is 2.35. The van der Waals surface area contributed by atoms with Crippen molar-refractivity contribution >= 4 is 17.8 Å². The number of ether oxygens (including phenoxy) is 2. The van der Waals surface area contributed by atoms with Gasteiger partial charge in [-0.1, -0.05) is 0 Å². The second-order valence-electron chi connectivity index (χ2n) is 6.41. The first kappa shape index (κ1) is 20.4. The fourth-order valence-electron chi connectivity index (χ4n) is 2.74. The van der Waals surface area contributed by atoms with Crippen LogP contribution in [0.25, 0.3) is 0 Å². The molecular weight excluding hydrogens is 396 g/mol. The maximum absolute atomic E-state index is 14.3. The lowest BCUT2D eigenvalue weighted by molar-refractivity contribution is -0.137. The zero-order valence-corrected chi connectivity index (χ0v) is 15.1. The van der Waals surface area contributed by atoms with Crippen molar-refractivity contribution in [3.63, 3.8) is 0 Å². The Morgan fingerprint density at radius 2 is 2.07 bits per heavy atom. The van der Waals surface area contributed by atoms with E-state index in [0.29, 0.717) is 12.6 Å². The lowest BCUT2D eigenvalue weighted by Crippen LogP contribution is -2.34. The Morgan fingerprint density at radius 3 is 2.69 bits per heavy atom. The second kappa shape index (κ2) is 7.57. The Hall–Kier alpha value is -3.37. The average Bonchev–Trinajstić information content (AvgIpc) is 2.62. The maximum Gasteiger partial charge on any atom is 0.418 e. The minimum atomic E-state index is -4.55. The number of aromatic nitrogens is 1. The molecular formula is C18H16F4N4O3. The number of pyridine rings is 1. The van der Waals surface area contributed by atoms with Crippen molar-refractivity contribution in [2.24, 2.45) is 10.7 Å². The second-order valence-corrected chi connectivity index (χ2v) is 6.41. The van der Waals surface area contributed by atoms with E-state index in [1.165, 1.54) is 12.1 Å². The Balaban J connectivity index is 1.74. The van der Waals surface area contributed by atoms with Crippen LogP contribution < -0.4 is 15.8 Å². The standard InChI is InChI=1S/C18H16F4N4O3/c1-17(6-7-28-15(23)26-17)12-8-11(3-4-13(12)19)25-16(27)29-14-5-2-10(9-24-14)18(20,21)22/h2-5,8-9H,6-7H2,1H3,(H2,23,26)(H,25,27)/t17-/m0/s1. The number of rotatable bonds is 3. The Labute approximate surface area is 162 Å². The molecule has 1 aromatic heterocycles. The normalized spacial score (nSPS) is 19.1. The van der Waals surface area contributed by atoms with Crippen LogP contribution in [0.4, 0.5) is 28.0 Å². The predicted molar refractivity (Wildman–Crippen MR) is 94.8 cm³/mol. The molecule has 1 aromatic carbocycles. The smallest absolute Gasteiger partial charge is 0.418 e. The van der Waals surface area contributed by atoms with Crippen LogP contribution >= 0.6 is 0 Å². The van der Waals surface area contributed by atoms with E-state index in [4.69, 9.17) is 15.2 Å². The van der Waals surface area contributed by atoms with Gasteiger partial charge < -0.3 is 15.2 Å². The summed E-state index contributed by atoms with van der Waals surface area (Å²) in [5.74, 6) is -0.874. The Morgan fingerprint density at radius 1 is 1.31 bits per heavy atom. The molecule has 2 aromatic rings. The number of nitrogens with two attached hydrogens (primary N) is 1. The number of halogens is 4. The van der Waals surface area contributed by atoms with E-state index in [1.807, 2.05) is 0 Å². The molecule has 0 aliphatic carbocycles. The predicted octanol–water partition coefficient (Wildman–Crippen LogP) is 3.80. The zero-order chi connectivity index (χ0) is 21.2. The summed E-state index contributed by atoms with van der Waals surface area (Å²) in [7, 11) is 0. The van der Waals surface area contributed by atoms with Crippen molar-refractivity contribution in [3.8, 4) is 5.88 Å². The number of hydrogen-bond acceptors (Lipinski definition) is 6. The van der Waals surface area contributed by atoms with Gasteiger partial charge in [0.25, 0.3) is 6.02 Å². The van der Waals surface area contributed by atoms with Gasteiger partial charge in [0.05, 0.1) is 17.7 Å². The van der Waals surface area contributed by atoms with Gasteiger partial charge in [-0.2, -0.15) is 13.2 Å². The monoisotopic (exact) mass is 412 g/mol. The number of carbonyl (C=O) groups excluding carboxylic acids is 1. The van der Waals surface area contributed by atoms with Gasteiger partial charge in [0.1, 0.15) is 5.82 Å². The zero-order valence-electron chi connectivity index (χ0n) is 15.1. The number of nitrogens with one attached hydrogen (secondary N) is 1. The van der Waals surface area contributed by atoms with Gasteiger partial charge in [0.15, 0.2) is 0 Å². The number of nitrogens with zero attached hydrogens (tertiary/aromatic N) is 2. The molecule has 0 fully saturated rings. The van der Waals surface area contributed by atoms with Crippen LogP contribution in [0.2, 0.25) is 0 Å². The third-order valence-electron chi connectivity index (χ3n) is 4.25. The van der Waals surface area contributed by atoms with Gasteiger partial charge in [-0.05, 0) is 31.2 Å². The maximum atomic E-state index is 14.3. The van der Waals surface area contributed by atoms with Crippen molar-refractivity contribution in [3.05, 3.63) is 53.5 Å². The molecule has 11 heteroatoms. The van der Waals surface area contributed by atoms with Crippen molar-refractivity contribution in [1.82, 2.24) is 4.98 Å². The minimum absolute atomic E-state index is 0.0655. The molecule has 3 rings (SSSR count). The van der Waals surface area contributed by atoms with E-state index in [-0.39, 0.29) is 29.8 Å². The quantitative estimate of drug-likeness (QED) is 0.748. The van der Waals surface area contributed by atoms with Crippen LogP contribution in [-0.2, 0) is 16.5 Å². The lowest BCUT2D eigenvalue weighted by Gasteiger charge is -2.30. The summed E-state index contributed by atoms with van der Waals surface area (Å²) in [4.78, 5) is 19.6. The first-order valence-electron chi connectivity index (χ1n) is 8.37. The summed E-state index contributed by atoms with van der Waals surface area (Å²) in [5, 5.41) is 2.37. The highest BCUT2D eigenvalue weighted by atomic mass is 19.4. The largest absolute Gasteiger partial charge is 0.465 e. The summed E-state index contributed by atoms with van der Waals surface area (Å²) >= 11 is 0. The van der Waals surface area contributed by atoms with Crippen molar-refractivity contribution in [1.29, 1.82) is 0 Å². The molecule has 0 bridgehead atoms. The van der Waals surface area contributed by atoms with E-state index in [2.05, 4.69) is 15.3 Å². The van der Waals surface area contributed by atoms with Crippen molar-refractivity contribution in [2.45, 2.75) is 25.1 Å². The topological polar surface area (TPSA) is 98.8 Å². The van der Waals surface area contributed by atoms with Crippen LogP contribution in [0.3, 0.4) is 0 Å². The molecule has 0 spiro atoms. The number of carbonyl (C=O) groups is 1. The van der Waals surface area contributed by atoms with Crippen LogP contribution in [0.5, 0.6) is 5.88 Å². The highest BCUT2D eigenvalue weighted by molar-refractivity contribution is 5.86. The van der Waals surface area contributed by atoms with Crippen LogP contribution in [0, 0.1) is 5.82 Å². The van der Waals surface area contributed by atoms with Crippen LogP contribution in [0.1, 0.15) is 24.5 Å². The number of anilines is 1. The number of hydrogen-bond donors (Lipinski definition) is 2. The van der Waals surface area contributed by atoms with Gasteiger partial charge in [0.2, 0.25) is 5.88 Å². The molecule has 1 aliphatic rings. The van der Waals surface area contributed by atoms with Gasteiger partial charge in [-0.15, -0.1) is 0 Å². The molecule has 1 amide bonds. The van der Waals surface area contributed by atoms with Gasteiger partial charge in [-0.3, -0.25) is 5.32 Å². The summed E-state index contributed by atoms with van der Waals surface area (Å²) < 4.78 is 61.9. The number of aliphatic imine (C=N–C) groups is 1. The van der Waals surface area contributed by atoms with Crippen LogP contribution in [-0.4, -0.2) is 23.7 Å². The van der Waals surface area contributed by atoms with E-state index in [9.17, 15) is 22.4 Å². The van der Waals surface area contributed by atoms with Crippen molar-refractivity contribution < 1.29 is 31.8 Å². The lowest BCUT2D eigenvalue weighted by atomic mass is 9.88. The van der Waals surface area contributed by atoms with Gasteiger partial charge >= 0.3 is 12.3 Å². The molecule has 0 saturated heterocycles. The first-order valence-corrected chi connectivity index (χ1v) is 8.37. The number of benzene rings is 1. The summed E-state index contributed by atoms with van der Waals surface area (Å²) in [6.45, 7) is 1.93. The van der Waals surface area contributed by atoms with E-state index in [0.717, 1.165) is 18.2 Å². The Kier molecular flexibility index (Phi) is 5.31. The molecule has 2 heterocycles. The van der Waals surface area contributed by atoms with Crippen LogP contribution in [0.15, 0.2) is 41.5 Å². The van der Waals surface area contributed by atoms with E-state index < -0.39 is 29.2 Å². The number of amides is 1. The molecule has 1 aliphatic heterocycles. The highest BCUT2D eigenvalue weighted by Gasteiger charge is 2.33. The third-order valence-corrected chi connectivity index (χ3v) is 4.25. The summed E-state index contributed by atoms with van der Waals surface area (Å²) in [5.41, 5.74) is 4.00. The minimum Gasteiger partial charge on any atom is -0.465 e. The fraction of sp³-hybridized carbons (Fsp3) is 0.278. The molecule has 3 N–H and O–H groups in total. The molecule has 1 atom stereocenters. The Bertz CT molecular complexity index is 947. The molecule has 0 radical (unpaired) electrons. The molecule has 154 valence electrons. The number of amidine groups is 1.